The summed E-state index contributed by atoms with van der Waals surface area (Å²) in [6, 6.07) is 12.3. The maximum Gasteiger partial charge on any atom is 0.313 e. The molecule has 4 rings (SSSR count). The number of halogens is 2. The zero-order chi connectivity index (χ0) is 30.1. The van der Waals surface area contributed by atoms with Crippen LogP contribution >= 0.6 is 24.4 Å². The van der Waals surface area contributed by atoms with Crippen LogP contribution in [0.4, 0.5) is 31.7 Å². The number of benzene rings is 3. The second-order valence-electron chi connectivity index (χ2n) is 7.75. The largest absolute Gasteiger partial charge is 0.505 e. The normalized spacial score (nSPS) is 11.9. The van der Waals surface area contributed by atoms with E-state index in [1.165, 1.54) is 48.5 Å². The van der Waals surface area contributed by atoms with E-state index in [1.807, 2.05) is 0 Å². The molecule has 0 spiro atoms. The van der Waals surface area contributed by atoms with E-state index in [2.05, 4.69) is 44.3 Å². The molecule has 0 fully saturated rings. The van der Waals surface area contributed by atoms with Crippen molar-refractivity contribution in [3.63, 3.8) is 0 Å². The molecule has 0 bridgehead atoms. The maximum absolute atomic E-state index is 13.4. The summed E-state index contributed by atoms with van der Waals surface area (Å²) in [5.41, 5.74) is 0.510. The number of rotatable bonds is 14. The van der Waals surface area contributed by atoms with Gasteiger partial charge in [-0.05, 0) is 53.9 Å². The number of azo groups is 1. The van der Waals surface area contributed by atoms with Crippen molar-refractivity contribution in [3.8, 4) is 5.75 Å². The van der Waals surface area contributed by atoms with Gasteiger partial charge in [-0.25, -0.2) is 18.9 Å². The average molecular weight is 646 g/mol. The van der Waals surface area contributed by atoms with Crippen molar-refractivity contribution in [2.24, 2.45) is 10.2 Å². The highest BCUT2D eigenvalue weighted by molar-refractivity contribution is 7.94. The van der Waals surface area contributed by atoms with Crippen LogP contribution in [0, 0.1) is 12.0 Å². The topological polar surface area (TPSA) is 204 Å². The van der Waals surface area contributed by atoms with Crippen LogP contribution in [0.1, 0.15) is 0 Å². The van der Waals surface area contributed by atoms with Crippen LogP contribution in [0.25, 0.3) is 10.8 Å². The third kappa shape index (κ3) is 8.25. The van der Waals surface area contributed by atoms with Crippen LogP contribution in [-0.4, -0.2) is 46.4 Å². The fraction of sp³-hybridized carbons (Fsp3) is 0.0909. The van der Waals surface area contributed by atoms with E-state index < -0.39 is 27.6 Å². The zero-order valence-electron chi connectivity index (χ0n) is 20.6. The molecule has 1 heterocycles. The van der Waals surface area contributed by atoms with Crippen LogP contribution in [-0.2, 0) is 32.8 Å². The number of hydrogen-bond donors (Lipinski definition) is 4. The Balaban J connectivity index is 1.57. The first-order chi connectivity index (χ1) is 20.2. The monoisotopic (exact) mass is 645 g/mol. The second-order valence-corrected chi connectivity index (χ2v) is 11.1. The van der Waals surface area contributed by atoms with Gasteiger partial charge in [-0.3, -0.25) is 4.18 Å². The molecule has 0 radical (unpaired) electrons. The SMILES string of the molecule is O=S(=O)(CCOSOOO)c1ccc(/N=N/c2c(SOOO)cc3cc(Nc4cc(F)nc(F)n4)ccc3c2O)cc1. The van der Waals surface area contributed by atoms with Gasteiger partial charge in [0, 0.05) is 17.1 Å². The van der Waals surface area contributed by atoms with Crippen LogP contribution < -0.4 is 5.32 Å². The fourth-order valence-corrected chi connectivity index (χ4v) is 5.30. The number of nitrogens with one attached hydrogen (secondary N) is 1. The highest BCUT2D eigenvalue weighted by Crippen LogP contribution is 2.44. The molecule has 0 aliphatic carbocycles. The molecule has 0 unspecified atom stereocenters. The van der Waals surface area contributed by atoms with Crippen LogP contribution in [0.3, 0.4) is 0 Å². The lowest BCUT2D eigenvalue weighted by Crippen LogP contribution is -2.10. The van der Waals surface area contributed by atoms with Gasteiger partial charge in [0.05, 0.1) is 39.9 Å². The molecule has 42 heavy (non-hydrogen) atoms. The van der Waals surface area contributed by atoms with Gasteiger partial charge in [0.2, 0.25) is 5.95 Å². The van der Waals surface area contributed by atoms with Crippen molar-refractivity contribution in [1.29, 1.82) is 0 Å². The standard InChI is InChI=1S/C22H17F2N5O10S3/c23-18-11-19(27-22(24)26-18)25-14-3-6-16-12(9-14)10-17(40-38-36-31)20(21(16)30)29-28-13-1-4-15(5-2-13)42(33,34)8-7-35-41-39-37-32/h1-6,9-11,30-32H,7-8H2,(H,25,26,27)/b29-28+. The average Bonchev–Trinajstić information content (AvgIpc) is 2.95. The molecule has 4 N–H and O–H groups in total. The Labute approximate surface area is 243 Å². The number of fused-ring (bicyclic) bond motifs is 1. The van der Waals surface area contributed by atoms with Crippen LogP contribution in [0.2, 0.25) is 0 Å². The van der Waals surface area contributed by atoms with Crippen molar-refractivity contribution >= 4 is 67.9 Å². The number of sulfone groups is 1. The van der Waals surface area contributed by atoms with Gasteiger partial charge in [-0.1, -0.05) is 10.1 Å². The van der Waals surface area contributed by atoms with E-state index in [4.69, 9.17) is 14.7 Å². The minimum absolute atomic E-state index is 0.0236. The molecule has 222 valence electrons. The number of phenolic OH excluding ortho intramolecular Hbond substituents is 1. The molecule has 0 aliphatic rings. The molecule has 0 saturated carbocycles. The van der Waals surface area contributed by atoms with Gasteiger partial charge in [-0.2, -0.15) is 23.9 Å². The van der Waals surface area contributed by atoms with Crippen molar-refractivity contribution in [1.82, 2.24) is 9.97 Å². The van der Waals surface area contributed by atoms with Crippen LogP contribution in [0.5, 0.6) is 5.75 Å². The highest BCUT2D eigenvalue weighted by atomic mass is 32.2. The lowest BCUT2D eigenvalue weighted by molar-refractivity contribution is -0.434. The zero-order valence-corrected chi connectivity index (χ0v) is 23.0. The van der Waals surface area contributed by atoms with E-state index in [-0.39, 0.29) is 51.7 Å². The van der Waals surface area contributed by atoms with Gasteiger partial charge in [0.1, 0.15) is 11.5 Å². The van der Waals surface area contributed by atoms with Gasteiger partial charge in [0.25, 0.3) is 0 Å². The second kappa shape index (κ2) is 14.6. The Morgan fingerprint density at radius 1 is 0.952 bits per heavy atom. The van der Waals surface area contributed by atoms with E-state index in [0.717, 1.165) is 6.07 Å². The summed E-state index contributed by atoms with van der Waals surface area (Å²) in [6.45, 7) is -0.256. The quantitative estimate of drug-likeness (QED) is 0.0237. The number of phenols is 1. The molecule has 4 aromatic rings. The smallest absolute Gasteiger partial charge is 0.313 e. The van der Waals surface area contributed by atoms with Crippen molar-refractivity contribution in [3.05, 3.63) is 66.6 Å². The molecule has 0 atom stereocenters. The fourth-order valence-electron chi connectivity index (χ4n) is 3.40. The summed E-state index contributed by atoms with van der Waals surface area (Å²) < 4.78 is 64.9. The number of hydrogen-bond acceptors (Lipinski definition) is 17. The summed E-state index contributed by atoms with van der Waals surface area (Å²) in [4.78, 5) is 6.51. The molecule has 1 aromatic heterocycles. The minimum Gasteiger partial charge on any atom is -0.505 e. The van der Waals surface area contributed by atoms with E-state index in [9.17, 15) is 22.3 Å². The first-order valence-electron chi connectivity index (χ1n) is 11.1. The summed E-state index contributed by atoms with van der Waals surface area (Å²) in [5.74, 6) is -1.94. The maximum atomic E-state index is 13.4. The molecular formula is C22H17F2N5O10S3. The summed E-state index contributed by atoms with van der Waals surface area (Å²) in [7, 11) is -3.72. The Morgan fingerprint density at radius 2 is 1.71 bits per heavy atom. The lowest BCUT2D eigenvalue weighted by Gasteiger charge is -2.11. The predicted octanol–water partition coefficient (Wildman–Crippen LogP) is 5.98. The first-order valence-corrected chi connectivity index (χ1v) is 14.2. The molecule has 0 amide bonds. The summed E-state index contributed by atoms with van der Waals surface area (Å²) >= 11 is 0.750. The first kappa shape index (κ1) is 31.4. The number of aromatic nitrogens is 2. The number of anilines is 2. The minimum atomic E-state index is -3.72. The third-order valence-corrected chi connectivity index (χ3v) is 7.84. The van der Waals surface area contributed by atoms with Gasteiger partial charge >= 0.3 is 6.08 Å². The summed E-state index contributed by atoms with van der Waals surface area (Å²) in [6.07, 6.45) is -1.26. The molecule has 3 aromatic carbocycles. The van der Waals surface area contributed by atoms with Gasteiger partial charge in [0.15, 0.2) is 27.9 Å². The van der Waals surface area contributed by atoms with Crippen LogP contribution in [0.15, 0.2) is 74.6 Å². The molecule has 0 aliphatic heterocycles. The van der Waals surface area contributed by atoms with Crippen molar-refractivity contribution < 1.29 is 55.7 Å². The highest BCUT2D eigenvalue weighted by Gasteiger charge is 2.17. The Hall–Kier alpha value is -3.57. The number of nitrogens with zero attached hydrogens (tertiary/aromatic N) is 4. The molecule has 15 nitrogen and oxygen atoms in total. The third-order valence-electron chi connectivity index (χ3n) is 5.15. The predicted molar refractivity (Wildman–Crippen MR) is 143 cm³/mol. The Kier molecular flexibility index (Phi) is 10.9. The molecule has 0 saturated heterocycles. The Bertz CT molecular complexity index is 1660. The van der Waals surface area contributed by atoms with E-state index in [1.54, 1.807) is 0 Å². The molecular weight excluding hydrogens is 628 g/mol. The van der Waals surface area contributed by atoms with Gasteiger partial charge < -0.3 is 10.4 Å². The lowest BCUT2D eigenvalue weighted by atomic mass is 10.1. The van der Waals surface area contributed by atoms with Gasteiger partial charge in [-0.15, -0.1) is 13.8 Å². The Morgan fingerprint density at radius 3 is 2.43 bits per heavy atom. The van der Waals surface area contributed by atoms with E-state index in [0.29, 0.717) is 28.5 Å². The van der Waals surface area contributed by atoms with Crippen molar-refractivity contribution in [2.45, 2.75) is 9.79 Å². The van der Waals surface area contributed by atoms with E-state index >= 15 is 0 Å². The number of aromatic hydroxyl groups is 1. The van der Waals surface area contributed by atoms with Crippen molar-refractivity contribution in [2.75, 3.05) is 17.7 Å². The summed E-state index contributed by atoms with van der Waals surface area (Å²) in [5, 5.41) is 46.1. The molecule has 20 heteroatoms.